The van der Waals surface area contributed by atoms with Crippen molar-refractivity contribution in [2.45, 2.75) is 18.9 Å². The van der Waals surface area contributed by atoms with Crippen molar-refractivity contribution in [2.24, 2.45) is 0 Å². The number of nitrogens with zero attached hydrogens (tertiary/aromatic N) is 3. The average molecular weight is 423 g/mol. The Morgan fingerprint density at radius 2 is 2.20 bits per heavy atom. The van der Waals surface area contributed by atoms with Gasteiger partial charge in [-0.2, -0.15) is 0 Å². The van der Waals surface area contributed by atoms with Crippen molar-refractivity contribution in [1.82, 2.24) is 15.3 Å². The summed E-state index contributed by atoms with van der Waals surface area (Å²) in [5, 5.41) is 16.4. The number of thiophene rings is 1. The minimum Gasteiger partial charge on any atom is -0.465 e. The van der Waals surface area contributed by atoms with E-state index in [1.54, 1.807) is 35.9 Å². The van der Waals surface area contributed by atoms with Gasteiger partial charge in [-0.25, -0.2) is 9.78 Å². The number of anilines is 2. The van der Waals surface area contributed by atoms with Gasteiger partial charge >= 0.3 is 6.09 Å². The predicted molar refractivity (Wildman–Crippen MR) is 118 cm³/mol. The van der Waals surface area contributed by atoms with Gasteiger partial charge in [0.1, 0.15) is 5.69 Å². The van der Waals surface area contributed by atoms with Gasteiger partial charge in [-0.3, -0.25) is 9.78 Å². The smallest absolute Gasteiger partial charge is 0.404 e. The molecule has 4 rings (SSSR count). The third-order valence-corrected chi connectivity index (χ3v) is 5.99. The van der Waals surface area contributed by atoms with E-state index in [9.17, 15) is 9.59 Å². The van der Waals surface area contributed by atoms with Gasteiger partial charge in [-0.1, -0.05) is 12.7 Å². The summed E-state index contributed by atoms with van der Waals surface area (Å²) in [6.07, 6.45) is 5.59. The van der Waals surface area contributed by atoms with Crippen molar-refractivity contribution >= 4 is 51.0 Å². The second-order valence-electron chi connectivity index (χ2n) is 7.02. The van der Waals surface area contributed by atoms with Crippen LogP contribution >= 0.6 is 11.3 Å². The van der Waals surface area contributed by atoms with E-state index in [0.717, 1.165) is 40.9 Å². The maximum atomic E-state index is 12.9. The summed E-state index contributed by atoms with van der Waals surface area (Å²) in [6, 6.07) is 5.24. The Labute approximate surface area is 177 Å². The number of aromatic nitrogens is 2. The quantitative estimate of drug-likeness (QED) is 0.576. The average Bonchev–Trinajstić information content (AvgIpc) is 3.16. The lowest BCUT2D eigenvalue weighted by molar-refractivity contribution is 0.102. The van der Waals surface area contributed by atoms with Gasteiger partial charge in [0.25, 0.3) is 5.91 Å². The number of piperidine rings is 1. The molecule has 1 atom stereocenters. The van der Waals surface area contributed by atoms with Gasteiger partial charge in [0.15, 0.2) is 0 Å². The summed E-state index contributed by atoms with van der Waals surface area (Å²) in [7, 11) is 0. The van der Waals surface area contributed by atoms with E-state index in [0.29, 0.717) is 17.9 Å². The molecule has 0 radical (unpaired) electrons. The van der Waals surface area contributed by atoms with E-state index >= 15 is 0 Å². The first-order valence-corrected chi connectivity index (χ1v) is 10.4. The van der Waals surface area contributed by atoms with Gasteiger partial charge < -0.3 is 20.6 Å². The topological polar surface area (TPSA) is 107 Å². The van der Waals surface area contributed by atoms with E-state index in [-0.39, 0.29) is 11.9 Å². The van der Waals surface area contributed by atoms with E-state index in [1.807, 2.05) is 17.5 Å². The number of fused-ring (bicyclic) bond motifs is 1. The Morgan fingerprint density at radius 3 is 3.00 bits per heavy atom. The fourth-order valence-corrected chi connectivity index (χ4v) is 4.52. The number of amides is 2. The van der Waals surface area contributed by atoms with Crippen LogP contribution in [0, 0.1) is 0 Å². The third kappa shape index (κ3) is 4.11. The van der Waals surface area contributed by atoms with Crippen LogP contribution < -0.4 is 15.5 Å². The molecule has 1 fully saturated rings. The van der Waals surface area contributed by atoms with Crippen LogP contribution in [-0.4, -0.2) is 46.2 Å². The molecule has 1 aliphatic heterocycles. The Kier molecular flexibility index (Phi) is 5.62. The molecular formula is C21H21N5O3S. The summed E-state index contributed by atoms with van der Waals surface area (Å²) >= 11 is 1.56. The standard InChI is InChI=1S/C21H21N5O3S/c1-2-13-12-30-18-6-5-15(24-19(13)18)20(27)25-16-10-22-8-7-17(16)26-9-3-4-14(11-26)23-21(28)29/h2,5-8,10,12,14,23H,1,3-4,9,11H2,(H,25,27)(H,28,29). The lowest BCUT2D eigenvalue weighted by Crippen LogP contribution is -2.47. The first-order valence-electron chi connectivity index (χ1n) is 9.55. The van der Waals surface area contributed by atoms with Crippen LogP contribution in [0.1, 0.15) is 28.9 Å². The van der Waals surface area contributed by atoms with Crippen molar-refractivity contribution in [1.29, 1.82) is 0 Å². The lowest BCUT2D eigenvalue weighted by atomic mass is 10.0. The zero-order chi connectivity index (χ0) is 21.1. The predicted octanol–water partition coefficient (Wildman–Crippen LogP) is 3.82. The number of carbonyl (C=O) groups is 2. The van der Waals surface area contributed by atoms with E-state index in [2.05, 4.69) is 32.1 Å². The second kappa shape index (κ2) is 8.50. The zero-order valence-electron chi connectivity index (χ0n) is 16.2. The highest BCUT2D eigenvalue weighted by Crippen LogP contribution is 2.29. The van der Waals surface area contributed by atoms with Crippen LogP contribution in [0.2, 0.25) is 0 Å². The molecule has 3 aromatic rings. The summed E-state index contributed by atoms with van der Waals surface area (Å²) in [6.45, 7) is 5.09. The molecule has 9 heteroatoms. The molecule has 0 aliphatic carbocycles. The van der Waals surface area contributed by atoms with E-state index in [1.165, 1.54) is 0 Å². The minimum atomic E-state index is -1.03. The molecule has 0 aromatic carbocycles. The van der Waals surface area contributed by atoms with Crippen molar-refractivity contribution < 1.29 is 14.7 Å². The first kappa shape index (κ1) is 19.8. The number of carboxylic acid groups (broad SMARTS) is 1. The van der Waals surface area contributed by atoms with Gasteiger partial charge in [0.2, 0.25) is 0 Å². The van der Waals surface area contributed by atoms with Gasteiger partial charge in [-0.05, 0) is 31.0 Å². The molecule has 2 amide bonds. The third-order valence-electron chi connectivity index (χ3n) is 5.03. The van der Waals surface area contributed by atoms with Gasteiger partial charge in [-0.15, -0.1) is 11.3 Å². The second-order valence-corrected chi connectivity index (χ2v) is 7.93. The number of hydrogen-bond acceptors (Lipinski definition) is 6. The van der Waals surface area contributed by atoms with E-state index in [4.69, 9.17) is 5.11 Å². The maximum Gasteiger partial charge on any atom is 0.404 e. The largest absolute Gasteiger partial charge is 0.465 e. The van der Waals surface area contributed by atoms with Crippen LogP contribution in [-0.2, 0) is 0 Å². The van der Waals surface area contributed by atoms with Crippen molar-refractivity contribution in [3.8, 4) is 0 Å². The zero-order valence-corrected chi connectivity index (χ0v) is 17.0. The van der Waals surface area contributed by atoms with Crippen molar-refractivity contribution in [3.05, 3.63) is 53.8 Å². The first-order chi connectivity index (χ1) is 14.5. The SMILES string of the molecule is C=Cc1csc2ccc(C(=O)Nc3cnccc3N3CCCC(NC(=O)O)C3)nc12. The van der Waals surface area contributed by atoms with Gasteiger partial charge in [0.05, 0.1) is 27.8 Å². The molecule has 1 aliphatic rings. The lowest BCUT2D eigenvalue weighted by Gasteiger charge is -2.35. The molecule has 4 heterocycles. The molecular weight excluding hydrogens is 402 g/mol. The number of nitrogens with one attached hydrogen (secondary N) is 2. The molecule has 1 unspecified atom stereocenters. The Morgan fingerprint density at radius 1 is 1.33 bits per heavy atom. The normalized spacial score (nSPS) is 16.3. The summed E-state index contributed by atoms with van der Waals surface area (Å²) < 4.78 is 0.994. The number of rotatable bonds is 5. The van der Waals surface area contributed by atoms with Crippen molar-refractivity contribution in [2.75, 3.05) is 23.3 Å². The molecule has 154 valence electrons. The molecule has 0 bridgehead atoms. The molecule has 0 saturated carbocycles. The summed E-state index contributed by atoms with van der Waals surface area (Å²) in [5.74, 6) is -0.329. The van der Waals surface area contributed by atoms with Crippen LogP contribution in [0.25, 0.3) is 16.3 Å². The van der Waals surface area contributed by atoms with Crippen LogP contribution in [0.4, 0.5) is 16.2 Å². The molecule has 0 spiro atoms. The van der Waals surface area contributed by atoms with Crippen LogP contribution in [0.5, 0.6) is 0 Å². The summed E-state index contributed by atoms with van der Waals surface area (Å²) in [4.78, 5) is 34.6. The Bertz CT molecular complexity index is 1110. The van der Waals surface area contributed by atoms with E-state index < -0.39 is 6.09 Å². The van der Waals surface area contributed by atoms with Crippen molar-refractivity contribution in [3.63, 3.8) is 0 Å². The maximum absolute atomic E-state index is 12.9. The molecule has 1 saturated heterocycles. The molecule has 30 heavy (non-hydrogen) atoms. The fourth-order valence-electron chi connectivity index (χ4n) is 3.64. The van der Waals surface area contributed by atoms with Gasteiger partial charge in [0, 0.05) is 36.3 Å². The number of hydrogen-bond donors (Lipinski definition) is 3. The number of pyridine rings is 2. The number of carbonyl (C=O) groups excluding carboxylic acids is 1. The highest BCUT2D eigenvalue weighted by molar-refractivity contribution is 7.17. The summed E-state index contributed by atoms with van der Waals surface area (Å²) in [5.41, 5.74) is 3.33. The monoisotopic (exact) mass is 423 g/mol. The Balaban J connectivity index is 1.56. The van der Waals surface area contributed by atoms with Crippen LogP contribution in [0.15, 0.2) is 42.6 Å². The van der Waals surface area contributed by atoms with Crippen LogP contribution in [0.3, 0.4) is 0 Å². The molecule has 8 nitrogen and oxygen atoms in total. The molecule has 3 aromatic heterocycles. The highest BCUT2D eigenvalue weighted by Gasteiger charge is 2.24. The molecule has 3 N–H and O–H groups in total. The fraction of sp³-hybridized carbons (Fsp3) is 0.238. The minimum absolute atomic E-state index is 0.159. The Hall–Kier alpha value is -3.46. The highest BCUT2D eigenvalue weighted by atomic mass is 32.1.